The molecule has 18 heavy (non-hydrogen) atoms. The standard InChI is InChI=1S/C16H19IS/c1-15(2)5-6-16(3,4)12-8-14-10(7-11(12)15)13(17)9-18-14/h7-9H,5-6H2,1-4H3. The van der Waals surface area contributed by atoms with E-state index in [9.17, 15) is 0 Å². The van der Waals surface area contributed by atoms with E-state index in [1.54, 1.807) is 11.1 Å². The Kier molecular flexibility index (Phi) is 2.84. The van der Waals surface area contributed by atoms with Gasteiger partial charge < -0.3 is 0 Å². The lowest BCUT2D eigenvalue weighted by molar-refractivity contribution is 0.332. The maximum atomic E-state index is 2.46. The molecule has 1 aliphatic rings. The Hall–Kier alpha value is -0.0900. The molecule has 0 amide bonds. The average Bonchev–Trinajstić information content (AvgIpc) is 2.66. The van der Waals surface area contributed by atoms with E-state index in [2.05, 4.69) is 67.8 Å². The Labute approximate surface area is 127 Å². The molecule has 96 valence electrons. The number of hydrogen-bond donors (Lipinski definition) is 0. The summed E-state index contributed by atoms with van der Waals surface area (Å²) in [6.07, 6.45) is 2.58. The molecule has 1 heterocycles. The lowest BCUT2D eigenvalue weighted by atomic mass is 9.63. The van der Waals surface area contributed by atoms with Crippen molar-refractivity contribution in [2.24, 2.45) is 0 Å². The molecule has 0 nitrogen and oxygen atoms in total. The van der Waals surface area contributed by atoms with E-state index in [0.29, 0.717) is 10.8 Å². The lowest BCUT2D eigenvalue weighted by Crippen LogP contribution is -2.33. The number of thiophene rings is 1. The first-order valence-electron chi connectivity index (χ1n) is 6.53. The van der Waals surface area contributed by atoms with Crippen LogP contribution in [-0.4, -0.2) is 0 Å². The molecule has 0 atom stereocenters. The van der Waals surface area contributed by atoms with Crippen LogP contribution in [0.2, 0.25) is 0 Å². The van der Waals surface area contributed by atoms with Gasteiger partial charge in [0.1, 0.15) is 0 Å². The second kappa shape index (κ2) is 3.95. The third kappa shape index (κ3) is 1.83. The van der Waals surface area contributed by atoms with E-state index < -0.39 is 0 Å². The van der Waals surface area contributed by atoms with Gasteiger partial charge in [0.05, 0.1) is 0 Å². The predicted octanol–water partition coefficient (Wildman–Crippen LogP) is 5.85. The van der Waals surface area contributed by atoms with Crippen LogP contribution in [0, 0.1) is 3.57 Å². The van der Waals surface area contributed by atoms with Crippen molar-refractivity contribution in [3.8, 4) is 0 Å². The van der Waals surface area contributed by atoms with Gasteiger partial charge in [0.2, 0.25) is 0 Å². The van der Waals surface area contributed by atoms with Gasteiger partial charge in [0.25, 0.3) is 0 Å². The second-order valence-corrected chi connectivity index (χ2v) is 8.82. The molecule has 0 bridgehead atoms. The van der Waals surface area contributed by atoms with Gasteiger partial charge in [0, 0.05) is 19.0 Å². The van der Waals surface area contributed by atoms with Crippen LogP contribution in [0.25, 0.3) is 10.1 Å². The molecule has 0 spiro atoms. The van der Waals surface area contributed by atoms with Gasteiger partial charge in [-0.25, -0.2) is 0 Å². The second-order valence-electron chi connectivity index (χ2n) is 6.75. The zero-order valence-corrected chi connectivity index (χ0v) is 14.4. The van der Waals surface area contributed by atoms with Crippen LogP contribution in [0.15, 0.2) is 17.5 Å². The minimum Gasteiger partial charge on any atom is -0.143 e. The zero-order valence-electron chi connectivity index (χ0n) is 11.4. The highest BCUT2D eigenvalue weighted by atomic mass is 127. The Bertz CT molecular complexity index is 619. The smallest absolute Gasteiger partial charge is 0.0356 e. The largest absolute Gasteiger partial charge is 0.143 e. The van der Waals surface area contributed by atoms with Gasteiger partial charge in [-0.3, -0.25) is 0 Å². The lowest BCUT2D eigenvalue weighted by Gasteiger charge is -2.41. The van der Waals surface area contributed by atoms with E-state index >= 15 is 0 Å². The Morgan fingerprint density at radius 3 is 2.17 bits per heavy atom. The highest BCUT2D eigenvalue weighted by molar-refractivity contribution is 14.1. The summed E-state index contributed by atoms with van der Waals surface area (Å²) in [5, 5.41) is 3.72. The summed E-state index contributed by atoms with van der Waals surface area (Å²) in [5.41, 5.74) is 3.80. The molecule has 0 saturated heterocycles. The Morgan fingerprint density at radius 1 is 1.00 bits per heavy atom. The van der Waals surface area contributed by atoms with Crippen LogP contribution in [0.4, 0.5) is 0 Å². The molecule has 3 rings (SSSR count). The number of fused-ring (bicyclic) bond motifs is 2. The van der Waals surface area contributed by atoms with Crippen molar-refractivity contribution in [1.82, 2.24) is 0 Å². The van der Waals surface area contributed by atoms with E-state index in [-0.39, 0.29) is 0 Å². The van der Waals surface area contributed by atoms with Crippen LogP contribution < -0.4 is 0 Å². The van der Waals surface area contributed by atoms with Crippen molar-refractivity contribution in [1.29, 1.82) is 0 Å². The fourth-order valence-electron chi connectivity index (χ4n) is 3.06. The molecule has 0 radical (unpaired) electrons. The fourth-order valence-corrected chi connectivity index (χ4v) is 4.91. The molecule has 0 fully saturated rings. The fraction of sp³-hybridized carbons (Fsp3) is 0.500. The quantitative estimate of drug-likeness (QED) is 0.510. The van der Waals surface area contributed by atoms with Gasteiger partial charge in [0.15, 0.2) is 0 Å². The molecule has 0 N–H and O–H groups in total. The predicted molar refractivity (Wildman–Crippen MR) is 89.8 cm³/mol. The highest BCUT2D eigenvalue weighted by Crippen LogP contribution is 2.47. The minimum absolute atomic E-state index is 0.323. The van der Waals surface area contributed by atoms with E-state index in [1.165, 1.54) is 26.5 Å². The Balaban J connectivity index is 2.37. The maximum absolute atomic E-state index is 2.46. The minimum atomic E-state index is 0.323. The first-order valence-corrected chi connectivity index (χ1v) is 8.49. The number of halogens is 1. The van der Waals surface area contributed by atoms with Crippen molar-refractivity contribution < 1.29 is 0 Å². The van der Waals surface area contributed by atoms with Crippen molar-refractivity contribution in [3.63, 3.8) is 0 Å². The molecule has 2 aromatic rings. The third-order valence-corrected chi connectivity index (χ3v) is 6.76. The summed E-state index contributed by atoms with van der Waals surface area (Å²) in [6.45, 7) is 9.58. The molecule has 0 saturated carbocycles. The van der Waals surface area contributed by atoms with Crippen molar-refractivity contribution in [3.05, 3.63) is 32.2 Å². The monoisotopic (exact) mass is 370 g/mol. The molecular formula is C16H19IS. The van der Waals surface area contributed by atoms with Crippen molar-refractivity contribution in [2.75, 3.05) is 0 Å². The summed E-state index contributed by atoms with van der Waals surface area (Å²) in [4.78, 5) is 0. The number of benzene rings is 1. The molecule has 2 heteroatoms. The van der Waals surface area contributed by atoms with Gasteiger partial charge in [-0.15, -0.1) is 11.3 Å². The normalized spacial score (nSPS) is 20.9. The SMILES string of the molecule is CC1(C)CCC(C)(C)c2cc3c(I)csc3cc21. The van der Waals surface area contributed by atoms with Gasteiger partial charge >= 0.3 is 0 Å². The summed E-state index contributed by atoms with van der Waals surface area (Å²) < 4.78 is 2.85. The van der Waals surface area contributed by atoms with Crippen molar-refractivity contribution >= 4 is 44.0 Å². The van der Waals surface area contributed by atoms with Crippen LogP contribution in [-0.2, 0) is 10.8 Å². The van der Waals surface area contributed by atoms with Crippen LogP contribution in [0.1, 0.15) is 51.7 Å². The first-order chi connectivity index (χ1) is 8.31. The summed E-state index contributed by atoms with van der Waals surface area (Å²) in [5.74, 6) is 0. The highest BCUT2D eigenvalue weighted by Gasteiger charge is 2.37. The van der Waals surface area contributed by atoms with E-state index in [0.717, 1.165) is 0 Å². The van der Waals surface area contributed by atoms with E-state index in [1.807, 2.05) is 11.3 Å². The number of rotatable bonds is 0. The van der Waals surface area contributed by atoms with Crippen LogP contribution >= 0.6 is 33.9 Å². The van der Waals surface area contributed by atoms with Crippen LogP contribution in [0.5, 0.6) is 0 Å². The summed E-state index contributed by atoms with van der Waals surface area (Å²) >= 11 is 4.34. The first kappa shape index (κ1) is 12.9. The van der Waals surface area contributed by atoms with Crippen LogP contribution in [0.3, 0.4) is 0 Å². The van der Waals surface area contributed by atoms with Gasteiger partial charge in [-0.1, -0.05) is 27.7 Å². The molecule has 1 aliphatic carbocycles. The summed E-state index contributed by atoms with van der Waals surface area (Å²) in [6, 6.07) is 4.92. The molecular weight excluding hydrogens is 351 g/mol. The topological polar surface area (TPSA) is 0 Å². The van der Waals surface area contributed by atoms with Gasteiger partial charge in [-0.05, 0) is 69.5 Å². The maximum Gasteiger partial charge on any atom is 0.0356 e. The van der Waals surface area contributed by atoms with Gasteiger partial charge in [-0.2, -0.15) is 0 Å². The molecule has 0 aliphatic heterocycles. The third-order valence-electron chi connectivity index (χ3n) is 4.50. The van der Waals surface area contributed by atoms with E-state index in [4.69, 9.17) is 0 Å². The Morgan fingerprint density at radius 2 is 1.56 bits per heavy atom. The average molecular weight is 370 g/mol. The number of hydrogen-bond acceptors (Lipinski definition) is 1. The van der Waals surface area contributed by atoms with Crippen molar-refractivity contribution in [2.45, 2.75) is 51.4 Å². The molecule has 0 unspecified atom stereocenters. The molecule has 1 aromatic carbocycles. The zero-order chi connectivity index (χ0) is 13.1. The molecule has 1 aromatic heterocycles. The summed E-state index contributed by atoms with van der Waals surface area (Å²) in [7, 11) is 0.